The number of alkyl halides is 3. The van der Waals surface area contributed by atoms with Crippen LogP contribution in [0.1, 0.15) is 37.2 Å². The van der Waals surface area contributed by atoms with E-state index in [2.05, 4.69) is 28.5 Å². The van der Waals surface area contributed by atoms with E-state index in [-0.39, 0.29) is 0 Å². The molecule has 1 aromatic heterocycles. The van der Waals surface area contributed by atoms with E-state index in [1.54, 1.807) is 0 Å². The fourth-order valence-electron chi connectivity index (χ4n) is 3.04. The second kappa shape index (κ2) is 8.03. The van der Waals surface area contributed by atoms with Gasteiger partial charge in [0.1, 0.15) is 11.9 Å². The fraction of sp³-hybridized carbons (Fsp3) is 0.474. The van der Waals surface area contributed by atoms with Gasteiger partial charge in [0, 0.05) is 17.8 Å². The third kappa shape index (κ3) is 5.17. The van der Waals surface area contributed by atoms with Gasteiger partial charge >= 0.3 is 6.18 Å². The van der Waals surface area contributed by atoms with Crippen molar-refractivity contribution < 1.29 is 22.7 Å². The number of carbonyl (C=O) groups excluding carboxylic acids is 1. The van der Waals surface area contributed by atoms with E-state index in [0.717, 1.165) is 31.7 Å². The van der Waals surface area contributed by atoms with Gasteiger partial charge in [0.2, 0.25) is 6.29 Å². The Bertz CT molecular complexity index is 754. The molecule has 1 saturated carbocycles. The summed E-state index contributed by atoms with van der Waals surface area (Å²) in [5, 5.41) is 5.85. The molecule has 4 nitrogen and oxygen atoms in total. The summed E-state index contributed by atoms with van der Waals surface area (Å²) in [5.74, 6) is 1.81. The molecule has 1 N–H and O–H groups in total. The number of aldehydes is 1. The van der Waals surface area contributed by atoms with E-state index >= 15 is 0 Å². The molecule has 1 aromatic carbocycles. The van der Waals surface area contributed by atoms with Crippen LogP contribution in [0, 0.1) is 0 Å². The van der Waals surface area contributed by atoms with Gasteiger partial charge in [-0.25, -0.2) is 0 Å². The van der Waals surface area contributed by atoms with Crippen molar-refractivity contribution in [3.8, 4) is 5.75 Å². The monoisotopic (exact) mass is 366 g/mol. The van der Waals surface area contributed by atoms with E-state index < -0.39 is 12.5 Å². The van der Waals surface area contributed by atoms with Gasteiger partial charge in [0.05, 0.1) is 0 Å². The number of carbonyl (C=O) groups is 1. The minimum absolute atomic E-state index is 0.369. The van der Waals surface area contributed by atoms with E-state index in [1.165, 1.54) is 29.2 Å². The number of benzene rings is 1. The number of rotatable bonds is 3. The largest absolute Gasteiger partial charge is 0.490 e. The first-order chi connectivity index (χ1) is 12.5. The molecule has 2 aliphatic rings. The van der Waals surface area contributed by atoms with Crippen molar-refractivity contribution in [2.45, 2.75) is 43.9 Å². The number of hydrogen-bond acceptors (Lipinski definition) is 4. The van der Waals surface area contributed by atoms with Crippen LogP contribution in [0.5, 0.6) is 5.75 Å². The molecule has 0 radical (unpaired) electrons. The zero-order chi connectivity index (χ0) is 18.6. The Kier molecular flexibility index (Phi) is 5.76. The Labute approximate surface area is 149 Å². The van der Waals surface area contributed by atoms with E-state index in [9.17, 15) is 13.2 Å². The van der Waals surface area contributed by atoms with Crippen molar-refractivity contribution in [2.24, 2.45) is 0 Å². The molecule has 140 valence electrons. The van der Waals surface area contributed by atoms with Crippen molar-refractivity contribution in [3.63, 3.8) is 0 Å². The maximum Gasteiger partial charge on any atom is 0.446 e. The number of piperidine rings is 1. The molecule has 0 amide bonds. The zero-order valence-electron chi connectivity index (χ0n) is 14.3. The van der Waals surface area contributed by atoms with Crippen LogP contribution in [0.4, 0.5) is 13.2 Å². The molecule has 2 aromatic rings. The first-order valence-electron chi connectivity index (χ1n) is 8.74. The summed E-state index contributed by atoms with van der Waals surface area (Å²) in [7, 11) is 0. The summed E-state index contributed by atoms with van der Waals surface area (Å²) in [6, 6.07) is 6.57. The lowest BCUT2D eigenvalue weighted by Gasteiger charge is -2.25. The lowest BCUT2D eigenvalue weighted by molar-refractivity contribution is -0.156. The van der Waals surface area contributed by atoms with Gasteiger partial charge in [-0.1, -0.05) is 0 Å². The summed E-state index contributed by atoms with van der Waals surface area (Å²) in [4.78, 5) is 12.9. The van der Waals surface area contributed by atoms with Crippen molar-refractivity contribution in [3.05, 3.63) is 36.2 Å². The van der Waals surface area contributed by atoms with Crippen LogP contribution in [0.3, 0.4) is 0 Å². The number of ether oxygens (including phenoxy) is 1. The Morgan fingerprint density at radius 2 is 1.81 bits per heavy atom. The van der Waals surface area contributed by atoms with Crippen LogP contribution >= 0.6 is 0 Å². The standard InChI is InChI=1S/C17H20N2O.C2HF3O/c1-2-12(1)16-9-14-11-19-6-3-13(14)10-17(16)20-15-4-7-18-8-5-15;3-2(4,5)1-6/h3,6,9-12,15,18H,1-2,4-5,7-8H2;1H. The lowest BCUT2D eigenvalue weighted by atomic mass is 10.0. The summed E-state index contributed by atoms with van der Waals surface area (Å²) in [6.07, 6.45) is 3.29. The van der Waals surface area contributed by atoms with Crippen LogP contribution < -0.4 is 10.1 Å². The smallest absolute Gasteiger partial charge is 0.446 e. The highest BCUT2D eigenvalue weighted by Crippen LogP contribution is 2.46. The van der Waals surface area contributed by atoms with Gasteiger partial charge in [-0.15, -0.1) is 0 Å². The summed E-state index contributed by atoms with van der Waals surface area (Å²) >= 11 is 0. The predicted octanol–water partition coefficient (Wildman–Crippen LogP) is 3.99. The third-order valence-corrected chi connectivity index (χ3v) is 4.50. The van der Waals surface area contributed by atoms with Crippen molar-refractivity contribution >= 4 is 17.1 Å². The van der Waals surface area contributed by atoms with E-state index in [0.29, 0.717) is 12.0 Å². The second-order valence-electron chi connectivity index (χ2n) is 6.61. The molecule has 26 heavy (non-hydrogen) atoms. The molecule has 1 aliphatic carbocycles. The number of aromatic nitrogens is 1. The molecular formula is C19H21F3N2O2. The second-order valence-corrected chi connectivity index (χ2v) is 6.61. The van der Waals surface area contributed by atoms with Crippen LogP contribution in [0.25, 0.3) is 10.8 Å². The first kappa shape index (κ1) is 18.6. The van der Waals surface area contributed by atoms with Crippen molar-refractivity contribution in [2.75, 3.05) is 13.1 Å². The lowest BCUT2D eigenvalue weighted by Crippen LogP contribution is -2.34. The van der Waals surface area contributed by atoms with Gasteiger partial charge in [-0.2, -0.15) is 13.2 Å². The minimum atomic E-state index is -4.64. The molecule has 1 saturated heterocycles. The summed E-state index contributed by atoms with van der Waals surface area (Å²) in [6.45, 7) is 2.14. The minimum Gasteiger partial charge on any atom is -0.490 e. The number of nitrogens with one attached hydrogen (secondary N) is 1. The number of hydrogen-bond donors (Lipinski definition) is 1. The summed E-state index contributed by atoms with van der Waals surface area (Å²) in [5.41, 5.74) is 1.39. The Morgan fingerprint density at radius 1 is 1.12 bits per heavy atom. The molecule has 4 rings (SSSR count). The molecule has 2 fully saturated rings. The van der Waals surface area contributed by atoms with Crippen molar-refractivity contribution in [1.29, 1.82) is 0 Å². The van der Waals surface area contributed by atoms with Crippen molar-refractivity contribution in [1.82, 2.24) is 10.3 Å². The number of pyridine rings is 1. The Balaban J connectivity index is 0.000000286. The normalized spacial score (nSPS) is 18.1. The summed E-state index contributed by atoms with van der Waals surface area (Å²) < 4.78 is 37.6. The maximum atomic E-state index is 10.4. The molecule has 0 atom stereocenters. The van der Waals surface area contributed by atoms with Gasteiger partial charge in [0.15, 0.2) is 0 Å². The van der Waals surface area contributed by atoms with Crippen LogP contribution in [0.2, 0.25) is 0 Å². The van der Waals surface area contributed by atoms with E-state index in [4.69, 9.17) is 9.53 Å². The molecular weight excluding hydrogens is 345 g/mol. The average molecular weight is 366 g/mol. The topological polar surface area (TPSA) is 51.2 Å². The highest BCUT2D eigenvalue weighted by atomic mass is 19.4. The van der Waals surface area contributed by atoms with E-state index in [1.807, 2.05) is 12.4 Å². The molecule has 0 spiro atoms. The number of halogens is 3. The fourth-order valence-corrected chi connectivity index (χ4v) is 3.04. The van der Waals surface area contributed by atoms with Gasteiger partial charge < -0.3 is 10.1 Å². The Hall–Kier alpha value is -2.15. The van der Waals surface area contributed by atoms with Gasteiger partial charge in [-0.3, -0.25) is 9.78 Å². The predicted molar refractivity (Wildman–Crippen MR) is 92.4 cm³/mol. The molecule has 2 heterocycles. The zero-order valence-corrected chi connectivity index (χ0v) is 14.3. The SMILES string of the molecule is O=CC(F)(F)F.c1cc2cc(OC3CCNCC3)c(C3CC3)cc2cn1. The molecule has 7 heteroatoms. The van der Waals surface area contributed by atoms with Gasteiger partial charge in [0.25, 0.3) is 0 Å². The highest BCUT2D eigenvalue weighted by Gasteiger charge is 2.28. The van der Waals surface area contributed by atoms with Gasteiger partial charge in [-0.05, 0) is 73.8 Å². The maximum absolute atomic E-state index is 10.4. The van der Waals surface area contributed by atoms with Crippen LogP contribution in [-0.2, 0) is 4.79 Å². The number of nitrogens with zero attached hydrogens (tertiary/aromatic N) is 1. The molecule has 0 bridgehead atoms. The Morgan fingerprint density at radius 3 is 2.42 bits per heavy atom. The first-order valence-corrected chi connectivity index (χ1v) is 8.74. The van der Waals surface area contributed by atoms with Crippen LogP contribution in [-0.4, -0.2) is 36.6 Å². The molecule has 0 unspecified atom stereocenters. The average Bonchev–Trinajstić information content (AvgIpc) is 3.47. The quantitative estimate of drug-likeness (QED) is 0.835. The van der Waals surface area contributed by atoms with Crippen LogP contribution in [0.15, 0.2) is 30.6 Å². The third-order valence-electron chi connectivity index (χ3n) is 4.50. The highest BCUT2D eigenvalue weighted by molar-refractivity contribution is 5.84. The molecule has 1 aliphatic heterocycles. The number of fused-ring (bicyclic) bond motifs is 1.